The highest BCUT2D eigenvalue weighted by molar-refractivity contribution is 5.90. The van der Waals surface area contributed by atoms with E-state index in [0.29, 0.717) is 28.7 Å². The lowest BCUT2D eigenvalue weighted by Crippen LogP contribution is -2.18. The van der Waals surface area contributed by atoms with Crippen LogP contribution in [0.15, 0.2) is 35.2 Å². The number of carbonyl (C=O) groups excluding carboxylic acids is 1. The number of rotatable bonds is 5. The summed E-state index contributed by atoms with van der Waals surface area (Å²) in [6, 6.07) is 4.56. The summed E-state index contributed by atoms with van der Waals surface area (Å²) in [6.45, 7) is 5.61. The Morgan fingerprint density at radius 3 is 2.88 bits per heavy atom. The van der Waals surface area contributed by atoms with Crippen molar-refractivity contribution in [1.29, 1.82) is 0 Å². The fourth-order valence-corrected chi connectivity index (χ4v) is 2.17. The van der Waals surface area contributed by atoms with Crippen molar-refractivity contribution in [2.24, 2.45) is 0 Å². The Balaban J connectivity index is 1.66. The van der Waals surface area contributed by atoms with Crippen molar-refractivity contribution in [1.82, 2.24) is 19.7 Å². The van der Waals surface area contributed by atoms with Gasteiger partial charge in [-0.25, -0.2) is 9.37 Å². The second-order valence-electron chi connectivity index (χ2n) is 6.05. The number of nitrogens with one attached hydrogen (secondary N) is 1. The number of aryl methyl sites for hydroxylation is 1. The molecule has 0 aliphatic rings. The first-order valence-electron chi connectivity index (χ1n) is 7.84. The number of benzene rings is 1. The lowest BCUT2D eigenvalue weighted by Gasteiger charge is -2.06. The maximum absolute atomic E-state index is 13.5. The van der Waals surface area contributed by atoms with Crippen LogP contribution in [0.4, 0.5) is 10.1 Å². The third-order valence-electron chi connectivity index (χ3n) is 3.58. The molecular formula is C17H18FN5O2. The summed E-state index contributed by atoms with van der Waals surface area (Å²) in [6.07, 6.45) is 3.17. The average molecular weight is 343 g/mol. The van der Waals surface area contributed by atoms with Gasteiger partial charge in [0.2, 0.25) is 17.6 Å². The van der Waals surface area contributed by atoms with Gasteiger partial charge in [0.1, 0.15) is 18.1 Å². The van der Waals surface area contributed by atoms with Crippen LogP contribution in [0.2, 0.25) is 0 Å². The summed E-state index contributed by atoms with van der Waals surface area (Å²) in [5.74, 6) is 0.389. The molecule has 1 amide bonds. The second kappa shape index (κ2) is 6.84. The summed E-state index contributed by atoms with van der Waals surface area (Å²) >= 11 is 0. The molecule has 0 fully saturated rings. The molecule has 3 aromatic rings. The molecule has 2 heterocycles. The molecule has 0 saturated heterocycles. The number of anilines is 1. The molecule has 8 heteroatoms. The maximum atomic E-state index is 13.5. The van der Waals surface area contributed by atoms with E-state index in [-0.39, 0.29) is 24.2 Å². The van der Waals surface area contributed by atoms with Crippen LogP contribution in [0.5, 0.6) is 0 Å². The van der Waals surface area contributed by atoms with E-state index in [2.05, 4.69) is 20.4 Å². The molecule has 0 bridgehead atoms. The number of hydrogen-bond acceptors (Lipinski definition) is 5. The Kier molecular flexibility index (Phi) is 4.60. The van der Waals surface area contributed by atoms with E-state index < -0.39 is 0 Å². The molecule has 0 spiro atoms. The summed E-state index contributed by atoms with van der Waals surface area (Å²) in [5.41, 5.74) is 1.45. The summed E-state index contributed by atoms with van der Waals surface area (Å²) in [4.78, 5) is 20.5. The van der Waals surface area contributed by atoms with E-state index in [0.717, 1.165) is 0 Å². The Morgan fingerprint density at radius 2 is 2.20 bits per heavy atom. The first-order valence-corrected chi connectivity index (χ1v) is 7.84. The van der Waals surface area contributed by atoms with Crippen LogP contribution >= 0.6 is 0 Å². The summed E-state index contributed by atoms with van der Waals surface area (Å²) in [7, 11) is 0. The third-order valence-corrected chi connectivity index (χ3v) is 3.58. The van der Waals surface area contributed by atoms with Crippen LogP contribution in [0.1, 0.15) is 31.2 Å². The average Bonchev–Trinajstić information content (AvgIpc) is 3.19. The summed E-state index contributed by atoms with van der Waals surface area (Å²) in [5, 5.41) is 6.53. The highest BCUT2D eigenvalue weighted by Crippen LogP contribution is 2.18. The highest BCUT2D eigenvalue weighted by atomic mass is 19.1. The standard InChI is InChI=1S/C17H18FN5O2/c1-10(2)17-21-16(22-25-17)14-7-23(9-19-14)8-15(24)20-12-5-4-11(3)13(18)6-12/h4-7,9-10H,8H2,1-3H3,(H,20,24). The van der Waals surface area contributed by atoms with Gasteiger partial charge < -0.3 is 14.4 Å². The van der Waals surface area contributed by atoms with Crippen LogP contribution in [0.3, 0.4) is 0 Å². The minimum Gasteiger partial charge on any atom is -0.339 e. The number of halogens is 1. The molecule has 0 unspecified atom stereocenters. The second-order valence-corrected chi connectivity index (χ2v) is 6.05. The quantitative estimate of drug-likeness (QED) is 0.769. The molecule has 3 rings (SSSR count). The van der Waals surface area contributed by atoms with Crippen LogP contribution in [0.25, 0.3) is 11.5 Å². The minimum atomic E-state index is -0.360. The number of imidazole rings is 1. The topological polar surface area (TPSA) is 85.8 Å². The Hall–Kier alpha value is -3.03. The van der Waals surface area contributed by atoms with E-state index in [1.807, 2.05) is 13.8 Å². The first kappa shape index (κ1) is 16.8. The molecule has 0 aliphatic carbocycles. The van der Waals surface area contributed by atoms with Crippen molar-refractivity contribution in [3.05, 3.63) is 48.0 Å². The number of hydrogen-bond donors (Lipinski definition) is 1. The maximum Gasteiger partial charge on any atom is 0.244 e. The molecule has 0 atom stereocenters. The van der Waals surface area contributed by atoms with Gasteiger partial charge in [0.15, 0.2) is 0 Å². The molecule has 0 radical (unpaired) electrons. The lowest BCUT2D eigenvalue weighted by molar-refractivity contribution is -0.116. The van der Waals surface area contributed by atoms with Crippen LogP contribution < -0.4 is 5.32 Å². The number of amides is 1. The minimum absolute atomic E-state index is 0.0391. The normalized spacial score (nSPS) is 11.1. The van der Waals surface area contributed by atoms with E-state index in [1.54, 1.807) is 29.8 Å². The van der Waals surface area contributed by atoms with Crippen LogP contribution in [0, 0.1) is 12.7 Å². The van der Waals surface area contributed by atoms with Gasteiger partial charge in [-0.3, -0.25) is 4.79 Å². The molecule has 130 valence electrons. The largest absolute Gasteiger partial charge is 0.339 e. The van der Waals surface area contributed by atoms with Crippen LogP contribution in [-0.4, -0.2) is 25.6 Å². The number of carbonyl (C=O) groups is 1. The van der Waals surface area contributed by atoms with Crippen molar-refractivity contribution >= 4 is 11.6 Å². The van der Waals surface area contributed by atoms with E-state index in [9.17, 15) is 9.18 Å². The Bertz CT molecular complexity index is 900. The predicted octanol–water partition coefficient (Wildman–Crippen LogP) is 3.14. The van der Waals surface area contributed by atoms with Crippen molar-refractivity contribution < 1.29 is 13.7 Å². The van der Waals surface area contributed by atoms with Crippen LogP contribution in [-0.2, 0) is 11.3 Å². The Morgan fingerprint density at radius 1 is 1.40 bits per heavy atom. The van der Waals surface area contributed by atoms with Gasteiger partial charge >= 0.3 is 0 Å². The molecular weight excluding hydrogens is 325 g/mol. The lowest BCUT2D eigenvalue weighted by atomic mass is 10.2. The van der Waals surface area contributed by atoms with Crippen molar-refractivity contribution in [3.63, 3.8) is 0 Å². The molecule has 1 N–H and O–H groups in total. The van der Waals surface area contributed by atoms with Gasteiger partial charge in [0.05, 0.1) is 6.33 Å². The highest BCUT2D eigenvalue weighted by Gasteiger charge is 2.14. The third kappa shape index (κ3) is 3.90. The van der Waals surface area contributed by atoms with Crippen molar-refractivity contribution in [2.45, 2.75) is 33.2 Å². The Labute approximate surface area is 143 Å². The van der Waals surface area contributed by atoms with Gasteiger partial charge in [-0.05, 0) is 24.6 Å². The van der Waals surface area contributed by atoms with E-state index in [4.69, 9.17) is 4.52 Å². The molecule has 2 aromatic heterocycles. The molecule has 25 heavy (non-hydrogen) atoms. The zero-order valence-electron chi connectivity index (χ0n) is 14.2. The zero-order valence-corrected chi connectivity index (χ0v) is 14.2. The smallest absolute Gasteiger partial charge is 0.244 e. The van der Waals surface area contributed by atoms with E-state index >= 15 is 0 Å². The summed E-state index contributed by atoms with van der Waals surface area (Å²) < 4.78 is 20.3. The van der Waals surface area contributed by atoms with Crippen molar-refractivity contribution in [3.8, 4) is 11.5 Å². The first-order chi connectivity index (χ1) is 11.9. The van der Waals surface area contributed by atoms with E-state index in [1.165, 1.54) is 12.4 Å². The predicted molar refractivity (Wildman–Crippen MR) is 89.4 cm³/mol. The molecule has 0 saturated carbocycles. The monoisotopic (exact) mass is 343 g/mol. The van der Waals surface area contributed by atoms with Gasteiger partial charge in [-0.15, -0.1) is 0 Å². The number of aromatic nitrogens is 4. The van der Waals surface area contributed by atoms with Gasteiger partial charge in [-0.2, -0.15) is 4.98 Å². The van der Waals surface area contributed by atoms with Crippen molar-refractivity contribution in [2.75, 3.05) is 5.32 Å². The molecule has 1 aromatic carbocycles. The number of nitrogens with zero attached hydrogens (tertiary/aromatic N) is 4. The molecule has 7 nitrogen and oxygen atoms in total. The SMILES string of the molecule is Cc1ccc(NC(=O)Cn2cnc(-c3noc(C(C)C)n3)c2)cc1F. The van der Waals surface area contributed by atoms with Gasteiger partial charge in [0.25, 0.3) is 0 Å². The molecule has 0 aliphatic heterocycles. The zero-order chi connectivity index (χ0) is 18.0. The van der Waals surface area contributed by atoms with Gasteiger partial charge in [0, 0.05) is 17.8 Å². The fourth-order valence-electron chi connectivity index (χ4n) is 2.17. The fraction of sp³-hybridized carbons (Fsp3) is 0.294. The van der Waals surface area contributed by atoms with Gasteiger partial charge in [-0.1, -0.05) is 25.1 Å².